The largest absolute Gasteiger partial charge is 0.326 e. The van der Waals surface area contributed by atoms with Crippen molar-refractivity contribution in [3.63, 3.8) is 0 Å². The summed E-state index contributed by atoms with van der Waals surface area (Å²) in [6, 6.07) is 8.89. The van der Waals surface area contributed by atoms with Crippen molar-refractivity contribution in [2.75, 3.05) is 11.1 Å². The van der Waals surface area contributed by atoms with Gasteiger partial charge in [-0.1, -0.05) is 0 Å². The van der Waals surface area contributed by atoms with E-state index in [-0.39, 0.29) is 5.91 Å². The highest BCUT2D eigenvalue weighted by atomic mass is 32.2. The second-order valence-corrected chi connectivity index (χ2v) is 5.71. The lowest BCUT2D eigenvalue weighted by molar-refractivity contribution is -0.116. The molecule has 1 aromatic heterocycles. The highest BCUT2D eigenvalue weighted by molar-refractivity contribution is 7.99. The molecule has 5 nitrogen and oxygen atoms in total. The molecule has 0 bridgehead atoms. The maximum atomic E-state index is 11.8. The van der Waals surface area contributed by atoms with Gasteiger partial charge in [0.25, 0.3) is 0 Å². The van der Waals surface area contributed by atoms with Crippen molar-refractivity contribution in [1.29, 1.82) is 5.26 Å². The van der Waals surface area contributed by atoms with Crippen molar-refractivity contribution in [3.05, 3.63) is 42.2 Å². The third-order valence-electron chi connectivity index (χ3n) is 2.80. The summed E-state index contributed by atoms with van der Waals surface area (Å²) >= 11 is 1.70. The van der Waals surface area contributed by atoms with Crippen LogP contribution >= 0.6 is 11.8 Å². The van der Waals surface area contributed by atoms with Gasteiger partial charge >= 0.3 is 0 Å². The quantitative estimate of drug-likeness (QED) is 0.658. The molecule has 0 atom stereocenters. The number of benzene rings is 1. The third kappa shape index (κ3) is 4.97. The summed E-state index contributed by atoms with van der Waals surface area (Å²) in [6.45, 7) is 0. The first-order valence-electron chi connectivity index (χ1n) is 6.59. The summed E-state index contributed by atoms with van der Waals surface area (Å²) in [7, 11) is 1.88. The van der Waals surface area contributed by atoms with Gasteiger partial charge in [-0.15, -0.1) is 11.8 Å². The van der Waals surface area contributed by atoms with Crippen LogP contribution in [-0.4, -0.2) is 21.4 Å². The molecule has 2 aromatic rings. The number of aryl methyl sites for hydroxylation is 1. The number of nitriles is 1. The van der Waals surface area contributed by atoms with Gasteiger partial charge < -0.3 is 5.32 Å². The molecule has 0 radical (unpaired) electrons. The van der Waals surface area contributed by atoms with E-state index in [0.717, 1.165) is 22.8 Å². The Morgan fingerprint density at radius 3 is 2.81 bits per heavy atom. The van der Waals surface area contributed by atoms with Crippen molar-refractivity contribution in [1.82, 2.24) is 9.78 Å². The Hall–Kier alpha value is -2.26. The number of nitrogens with zero attached hydrogens (tertiary/aromatic N) is 3. The van der Waals surface area contributed by atoms with Gasteiger partial charge in [0, 0.05) is 30.2 Å². The smallest absolute Gasteiger partial charge is 0.224 e. The predicted molar refractivity (Wildman–Crippen MR) is 83.0 cm³/mol. The summed E-state index contributed by atoms with van der Waals surface area (Å²) in [4.78, 5) is 12.9. The number of rotatable bonds is 6. The van der Waals surface area contributed by atoms with Gasteiger partial charge in [-0.3, -0.25) is 9.48 Å². The van der Waals surface area contributed by atoms with Gasteiger partial charge in [-0.2, -0.15) is 10.4 Å². The number of thioether (sulfide) groups is 1. The summed E-state index contributed by atoms with van der Waals surface area (Å²) in [5.74, 6) is 0.874. The maximum Gasteiger partial charge on any atom is 0.224 e. The number of anilines is 1. The van der Waals surface area contributed by atoms with Crippen LogP contribution in [0, 0.1) is 11.3 Å². The van der Waals surface area contributed by atoms with Crippen molar-refractivity contribution in [3.8, 4) is 6.07 Å². The molecule has 0 aliphatic carbocycles. The Morgan fingerprint density at radius 2 is 2.19 bits per heavy atom. The first kappa shape index (κ1) is 15.1. The number of hydrogen-bond donors (Lipinski definition) is 1. The predicted octanol–water partition coefficient (Wildman–Crippen LogP) is 2.80. The molecule has 1 amide bonds. The molecule has 1 N–H and O–H groups in total. The molecule has 108 valence electrons. The molecular formula is C15H16N4OS. The van der Waals surface area contributed by atoms with Crippen molar-refractivity contribution < 1.29 is 4.79 Å². The number of nitrogens with one attached hydrogen (secondary N) is 1. The van der Waals surface area contributed by atoms with Gasteiger partial charge in [0.05, 0.1) is 17.8 Å². The molecule has 0 spiro atoms. The third-order valence-corrected chi connectivity index (χ3v) is 3.83. The highest BCUT2D eigenvalue weighted by Gasteiger charge is 2.03. The average molecular weight is 300 g/mol. The average Bonchev–Trinajstić information content (AvgIpc) is 2.90. The molecule has 0 saturated heterocycles. The lowest BCUT2D eigenvalue weighted by atomic mass is 10.2. The van der Waals surface area contributed by atoms with E-state index in [1.165, 1.54) is 0 Å². The Balaban J connectivity index is 1.68. The fraction of sp³-hybridized carbons (Fsp3) is 0.267. The summed E-state index contributed by atoms with van der Waals surface area (Å²) in [5.41, 5.74) is 1.31. The number of carbonyl (C=O) groups is 1. The van der Waals surface area contributed by atoms with Crippen LogP contribution < -0.4 is 5.32 Å². The van der Waals surface area contributed by atoms with E-state index in [4.69, 9.17) is 5.26 Å². The number of amides is 1. The monoisotopic (exact) mass is 300 g/mol. The fourth-order valence-electron chi connectivity index (χ4n) is 1.75. The zero-order valence-electron chi connectivity index (χ0n) is 11.7. The zero-order valence-corrected chi connectivity index (χ0v) is 12.6. The number of aromatic nitrogens is 2. The second kappa shape index (κ2) is 7.50. The van der Waals surface area contributed by atoms with Crippen LogP contribution in [0.15, 0.2) is 41.6 Å². The van der Waals surface area contributed by atoms with Crippen LogP contribution in [0.4, 0.5) is 5.69 Å². The minimum atomic E-state index is -0.00788. The Bertz CT molecular complexity index is 642. The van der Waals surface area contributed by atoms with Crippen LogP contribution in [0.5, 0.6) is 0 Å². The molecular weight excluding hydrogens is 284 g/mol. The van der Waals surface area contributed by atoms with E-state index in [1.807, 2.05) is 25.5 Å². The van der Waals surface area contributed by atoms with Crippen LogP contribution in [0.1, 0.15) is 18.4 Å². The van der Waals surface area contributed by atoms with Gasteiger partial charge in [-0.05, 0) is 36.4 Å². The van der Waals surface area contributed by atoms with E-state index in [0.29, 0.717) is 12.0 Å². The summed E-state index contributed by atoms with van der Waals surface area (Å²) in [6.07, 6.45) is 5.07. The van der Waals surface area contributed by atoms with Crippen molar-refractivity contribution in [2.24, 2.45) is 7.05 Å². The lowest BCUT2D eigenvalue weighted by Crippen LogP contribution is -2.11. The first-order chi connectivity index (χ1) is 10.2. The summed E-state index contributed by atoms with van der Waals surface area (Å²) in [5, 5.41) is 15.6. The lowest BCUT2D eigenvalue weighted by Gasteiger charge is -2.04. The molecule has 21 heavy (non-hydrogen) atoms. The zero-order chi connectivity index (χ0) is 15.1. The molecule has 0 unspecified atom stereocenters. The van der Waals surface area contributed by atoms with E-state index < -0.39 is 0 Å². The molecule has 1 heterocycles. The second-order valence-electron chi connectivity index (χ2n) is 4.54. The van der Waals surface area contributed by atoms with Gasteiger partial charge in [0.15, 0.2) is 0 Å². The summed E-state index contributed by atoms with van der Waals surface area (Å²) < 4.78 is 1.76. The molecule has 6 heteroatoms. The molecule has 2 rings (SSSR count). The SMILES string of the molecule is Cn1cc(SCCCC(=O)Nc2ccc(C#N)cc2)cn1. The van der Waals surface area contributed by atoms with E-state index in [2.05, 4.69) is 10.4 Å². The minimum absolute atomic E-state index is 0.00788. The first-order valence-corrected chi connectivity index (χ1v) is 7.57. The Labute approximate surface area is 128 Å². The molecule has 0 aliphatic rings. The highest BCUT2D eigenvalue weighted by Crippen LogP contribution is 2.18. The Kier molecular flexibility index (Phi) is 5.41. The van der Waals surface area contributed by atoms with Crippen molar-refractivity contribution in [2.45, 2.75) is 17.7 Å². The fourth-order valence-corrected chi connectivity index (χ4v) is 2.62. The topological polar surface area (TPSA) is 70.7 Å². The Morgan fingerprint density at radius 1 is 1.43 bits per heavy atom. The van der Waals surface area contributed by atoms with Crippen LogP contribution in [-0.2, 0) is 11.8 Å². The minimum Gasteiger partial charge on any atom is -0.326 e. The molecule has 0 saturated carbocycles. The number of hydrogen-bond acceptors (Lipinski definition) is 4. The van der Waals surface area contributed by atoms with E-state index in [9.17, 15) is 4.79 Å². The molecule has 1 aromatic carbocycles. The van der Waals surface area contributed by atoms with Crippen molar-refractivity contribution >= 4 is 23.4 Å². The van der Waals surface area contributed by atoms with Crippen LogP contribution in [0.2, 0.25) is 0 Å². The van der Waals surface area contributed by atoms with Crippen LogP contribution in [0.25, 0.3) is 0 Å². The molecule has 0 aliphatic heterocycles. The van der Waals surface area contributed by atoms with E-state index >= 15 is 0 Å². The standard InChI is InChI=1S/C15H16N4OS/c1-19-11-14(10-17-19)21-8-2-3-15(20)18-13-6-4-12(9-16)5-7-13/h4-7,10-11H,2-3,8H2,1H3,(H,18,20). The van der Waals surface area contributed by atoms with Crippen LogP contribution in [0.3, 0.4) is 0 Å². The molecule has 0 fully saturated rings. The number of carbonyl (C=O) groups excluding carboxylic acids is 1. The maximum absolute atomic E-state index is 11.8. The van der Waals surface area contributed by atoms with E-state index in [1.54, 1.807) is 40.7 Å². The van der Waals surface area contributed by atoms with Gasteiger partial charge in [0.2, 0.25) is 5.91 Å². The normalized spacial score (nSPS) is 10.1. The van der Waals surface area contributed by atoms with Gasteiger partial charge in [0.1, 0.15) is 0 Å². The van der Waals surface area contributed by atoms with Gasteiger partial charge in [-0.25, -0.2) is 0 Å².